The van der Waals surface area contributed by atoms with E-state index >= 15 is 0 Å². The Hall–Kier alpha value is -1.56. The van der Waals surface area contributed by atoms with Crippen LogP contribution in [0.4, 0.5) is 13.2 Å². The summed E-state index contributed by atoms with van der Waals surface area (Å²) in [6, 6.07) is 6.32. The Morgan fingerprint density at radius 3 is 2.65 bits per heavy atom. The number of aldehydes is 1. The van der Waals surface area contributed by atoms with E-state index in [1.165, 1.54) is 6.07 Å². The molecular formula is C11H11F3O3. The second-order valence-electron chi connectivity index (χ2n) is 3.21. The molecule has 0 aliphatic rings. The smallest absolute Gasteiger partial charge is 0.411 e. The molecule has 0 aliphatic heterocycles. The Balaban J connectivity index is 2.24. The molecule has 0 heterocycles. The normalized spacial score (nSPS) is 11.2. The van der Waals surface area contributed by atoms with Crippen LogP contribution in [0.15, 0.2) is 24.3 Å². The van der Waals surface area contributed by atoms with Crippen LogP contribution in [0, 0.1) is 0 Å². The summed E-state index contributed by atoms with van der Waals surface area (Å²) in [5, 5.41) is 0. The Morgan fingerprint density at radius 2 is 2.00 bits per heavy atom. The minimum atomic E-state index is -4.32. The molecule has 0 radical (unpaired) electrons. The number of alkyl halides is 3. The van der Waals surface area contributed by atoms with E-state index in [9.17, 15) is 18.0 Å². The van der Waals surface area contributed by atoms with Gasteiger partial charge in [0.05, 0.1) is 6.61 Å². The van der Waals surface area contributed by atoms with Gasteiger partial charge in [0, 0.05) is 5.56 Å². The SMILES string of the molecule is O=Cc1cccc(OCCOCC(F)(F)F)c1. The van der Waals surface area contributed by atoms with E-state index in [1.807, 2.05) is 0 Å². The molecule has 6 heteroatoms. The molecule has 0 saturated heterocycles. The minimum absolute atomic E-state index is 0.00160. The number of rotatable bonds is 6. The van der Waals surface area contributed by atoms with E-state index in [-0.39, 0.29) is 13.2 Å². The predicted octanol–water partition coefficient (Wildman–Crippen LogP) is 2.46. The average molecular weight is 248 g/mol. The molecule has 94 valence electrons. The van der Waals surface area contributed by atoms with E-state index in [4.69, 9.17) is 4.74 Å². The predicted molar refractivity (Wildman–Crippen MR) is 54.2 cm³/mol. The van der Waals surface area contributed by atoms with Gasteiger partial charge in [-0.05, 0) is 12.1 Å². The molecule has 3 nitrogen and oxygen atoms in total. The first-order valence-corrected chi connectivity index (χ1v) is 4.84. The summed E-state index contributed by atoms with van der Waals surface area (Å²) in [5.41, 5.74) is 0.443. The molecule has 0 saturated carbocycles. The van der Waals surface area contributed by atoms with Gasteiger partial charge in [-0.2, -0.15) is 13.2 Å². The van der Waals surface area contributed by atoms with Crippen molar-refractivity contribution in [2.45, 2.75) is 6.18 Å². The minimum Gasteiger partial charge on any atom is -0.491 e. The molecule has 0 spiro atoms. The van der Waals surface area contributed by atoms with Crippen LogP contribution < -0.4 is 4.74 Å². The molecule has 0 unspecified atom stereocenters. The van der Waals surface area contributed by atoms with Crippen molar-refractivity contribution in [3.8, 4) is 5.75 Å². The van der Waals surface area contributed by atoms with Crippen molar-refractivity contribution < 1.29 is 27.4 Å². The van der Waals surface area contributed by atoms with Crippen molar-refractivity contribution in [3.05, 3.63) is 29.8 Å². The number of hydrogen-bond donors (Lipinski definition) is 0. The number of carbonyl (C=O) groups excluding carboxylic acids is 1. The molecule has 0 amide bonds. The highest BCUT2D eigenvalue weighted by atomic mass is 19.4. The van der Waals surface area contributed by atoms with E-state index in [2.05, 4.69) is 4.74 Å². The number of halogens is 3. The quantitative estimate of drug-likeness (QED) is 0.573. The first-order valence-electron chi connectivity index (χ1n) is 4.84. The lowest BCUT2D eigenvalue weighted by molar-refractivity contribution is -0.175. The lowest BCUT2D eigenvalue weighted by Gasteiger charge is -2.09. The summed E-state index contributed by atoms with van der Waals surface area (Å²) < 4.78 is 44.6. The van der Waals surface area contributed by atoms with E-state index in [1.54, 1.807) is 18.2 Å². The molecule has 0 aromatic heterocycles. The summed E-state index contributed by atoms with van der Waals surface area (Å²) >= 11 is 0. The largest absolute Gasteiger partial charge is 0.491 e. The summed E-state index contributed by atoms with van der Waals surface area (Å²) in [7, 11) is 0. The van der Waals surface area contributed by atoms with Crippen LogP contribution in [0.25, 0.3) is 0 Å². The van der Waals surface area contributed by atoms with Gasteiger partial charge in [-0.1, -0.05) is 12.1 Å². The average Bonchev–Trinajstić information content (AvgIpc) is 2.27. The highest BCUT2D eigenvalue weighted by molar-refractivity contribution is 5.75. The zero-order chi connectivity index (χ0) is 12.7. The van der Waals surface area contributed by atoms with Gasteiger partial charge in [0.15, 0.2) is 0 Å². The maximum atomic E-state index is 11.7. The van der Waals surface area contributed by atoms with Crippen LogP contribution in [0.5, 0.6) is 5.75 Å². The van der Waals surface area contributed by atoms with Crippen molar-refractivity contribution in [1.29, 1.82) is 0 Å². The van der Waals surface area contributed by atoms with Crippen LogP contribution in [-0.2, 0) is 4.74 Å². The van der Waals surface area contributed by atoms with Crippen LogP contribution >= 0.6 is 0 Å². The van der Waals surface area contributed by atoms with Crippen molar-refractivity contribution in [1.82, 2.24) is 0 Å². The molecule has 17 heavy (non-hydrogen) atoms. The van der Waals surface area contributed by atoms with Gasteiger partial charge in [-0.3, -0.25) is 4.79 Å². The fourth-order valence-corrected chi connectivity index (χ4v) is 1.08. The molecule has 0 N–H and O–H groups in total. The van der Waals surface area contributed by atoms with Gasteiger partial charge >= 0.3 is 6.18 Å². The third-order valence-electron chi connectivity index (χ3n) is 1.76. The highest BCUT2D eigenvalue weighted by Crippen LogP contribution is 2.14. The molecule has 0 aliphatic carbocycles. The Bertz CT molecular complexity index is 363. The molecule has 1 rings (SSSR count). The zero-order valence-corrected chi connectivity index (χ0v) is 8.87. The van der Waals surface area contributed by atoms with Crippen molar-refractivity contribution in [3.63, 3.8) is 0 Å². The number of carbonyl (C=O) groups is 1. The standard InChI is InChI=1S/C11H11F3O3/c12-11(13,14)8-16-4-5-17-10-3-1-2-9(6-10)7-15/h1-3,6-7H,4-5,8H2. The Labute approximate surface area is 96.1 Å². The second-order valence-corrected chi connectivity index (χ2v) is 3.21. The number of benzene rings is 1. The van der Waals surface area contributed by atoms with Gasteiger partial charge in [-0.25, -0.2) is 0 Å². The molecule has 1 aromatic rings. The highest BCUT2D eigenvalue weighted by Gasteiger charge is 2.27. The van der Waals surface area contributed by atoms with Gasteiger partial charge in [0.25, 0.3) is 0 Å². The zero-order valence-electron chi connectivity index (χ0n) is 8.87. The van der Waals surface area contributed by atoms with Crippen LogP contribution in [-0.4, -0.2) is 32.3 Å². The summed E-state index contributed by atoms with van der Waals surface area (Å²) in [4.78, 5) is 10.4. The van der Waals surface area contributed by atoms with E-state index in [0.29, 0.717) is 17.6 Å². The monoisotopic (exact) mass is 248 g/mol. The fraction of sp³-hybridized carbons (Fsp3) is 0.364. The van der Waals surface area contributed by atoms with Crippen LogP contribution in [0.2, 0.25) is 0 Å². The Kier molecular flexibility index (Phi) is 4.96. The first-order chi connectivity index (χ1) is 8.01. The first kappa shape index (κ1) is 13.5. The van der Waals surface area contributed by atoms with Gasteiger partial charge in [0.1, 0.15) is 25.2 Å². The van der Waals surface area contributed by atoms with E-state index < -0.39 is 12.8 Å². The summed E-state index contributed by atoms with van der Waals surface area (Å²) in [6.45, 7) is -1.45. The summed E-state index contributed by atoms with van der Waals surface area (Å²) in [6.07, 6.45) is -3.66. The van der Waals surface area contributed by atoms with Gasteiger partial charge in [-0.15, -0.1) is 0 Å². The van der Waals surface area contributed by atoms with Crippen molar-refractivity contribution in [2.75, 3.05) is 19.8 Å². The number of ether oxygens (including phenoxy) is 2. The fourth-order valence-electron chi connectivity index (χ4n) is 1.08. The van der Waals surface area contributed by atoms with Gasteiger partial charge in [0.2, 0.25) is 0 Å². The van der Waals surface area contributed by atoms with Crippen LogP contribution in [0.3, 0.4) is 0 Å². The molecule has 0 fully saturated rings. The van der Waals surface area contributed by atoms with Crippen molar-refractivity contribution in [2.24, 2.45) is 0 Å². The number of hydrogen-bond acceptors (Lipinski definition) is 3. The van der Waals surface area contributed by atoms with E-state index in [0.717, 1.165) is 0 Å². The molecule has 0 atom stereocenters. The maximum absolute atomic E-state index is 11.7. The second kappa shape index (κ2) is 6.24. The molecule has 0 bridgehead atoms. The topological polar surface area (TPSA) is 35.5 Å². The summed E-state index contributed by atoms with van der Waals surface area (Å²) in [5.74, 6) is 0.421. The third kappa shape index (κ3) is 5.91. The molecular weight excluding hydrogens is 237 g/mol. The van der Waals surface area contributed by atoms with Crippen molar-refractivity contribution >= 4 is 6.29 Å². The third-order valence-corrected chi connectivity index (χ3v) is 1.76. The van der Waals surface area contributed by atoms with Crippen LogP contribution in [0.1, 0.15) is 10.4 Å². The lowest BCUT2D eigenvalue weighted by Crippen LogP contribution is -2.19. The van der Waals surface area contributed by atoms with Gasteiger partial charge < -0.3 is 9.47 Å². The lowest BCUT2D eigenvalue weighted by atomic mass is 10.2. The maximum Gasteiger partial charge on any atom is 0.411 e. The molecule has 1 aromatic carbocycles. The Morgan fingerprint density at radius 1 is 1.24 bits per heavy atom.